The zero-order valence-electron chi connectivity index (χ0n) is 10.3. The molecule has 0 bridgehead atoms. The van der Waals surface area contributed by atoms with Crippen molar-refractivity contribution in [2.45, 2.75) is 13.1 Å². The molecule has 3 N–H and O–H groups in total. The Bertz CT molecular complexity index is 652. The number of nitrogens with two attached hydrogens (primary N) is 1. The van der Waals surface area contributed by atoms with Crippen molar-refractivity contribution in [2.24, 2.45) is 0 Å². The Labute approximate surface area is 116 Å². The van der Waals surface area contributed by atoms with Crippen LogP contribution in [0.3, 0.4) is 0 Å². The number of carbonyl (C=O) groups is 1. The molecule has 0 spiro atoms. The number of thiazole rings is 1. The van der Waals surface area contributed by atoms with Crippen LogP contribution in [0.2, 0.25) is 0 Å². The number of carbonyl (C=O) groups excluding carboxylic acids is 1. The first kappa shape index (κ1) is 14.3. The molecule has 0 fully saturated rings. The van der Waals surface area contributed by atoms with E-state index in [0.29, 0.717) is 5.13 Å². The summed E-state index contributed by atoms with van der Waals surface area (Å²) in [6.45, 7) is 1.75. The lowest BCUT2D eigenvalue weighted by Crippen LogP contribution is -2.15. The standard InChI is InChI=1S/C12H10F3N3OS/c1-6-5-20-11(17-6)18-10(19)7-2-3-9(16)8(4-7)12(13,14)15/h2-5H,16H2,1H3,(H,17,18,19). The third kappa shape index (κ3) is 3.08. The fourth-order valence-electron chi connectivity index (χ4n) is 1.52. The topological polar surface area (TPSA) is 68.0 Å². The molecule has 0 unspecified atom stereocenters. The number of rotatable bonds is 2. The summed E-state index contributed by atoms with van der Waals surface area (Å²) in [5, 5.41) is 4.49. The Morgan fingerprint density at radius 2 is 2.10 bits per heavy atom. The minimum Gasteiger partial charge on any atom is -0.398 e. The number of aromatic nitrogens is 1. The molecule has 20 heavy (non-hydrogen) atoms. The van der Waals surface area contributed by atoms with E-state index in [0.717, 1.165) is 17.8 Å². The van der Waals surface area contributed by atoms with Crippen molar-refractivity contribution in [1.82, 2.24) is 4.98 Å². The fourth-order valence-corrected chi connectivity index (χ4v) is 2.21. The summed E-state index contributed by atoms with van der Waals surface area (Å²) >= 11 is 1.20. The van der Waals surface area contributed by atoms with Crippen LogP contribution >= 0.6 is 11.3 Å². The van der Waals surface area contributed by atoms with Gasteiger partial charge in [0.1, 0.15) is 0 Å². The summed E-state index contributed by atoms with van der Waals surface area (Å²) in [5.74, 6) is -0.662. The second kappa shape index (κ2) is 5.12. The maximum atomic E-state index is 12.7. The summed E-state index contributed by atoms with van der Waals surface area (Å²) in [7, 11) is 0. The van der Waals surface area contributed by atoms with E-state index >= 15 is 0 Å². The van der Waals surface area contributed by atoms with Gasteiger partial charge in [-0.25, -0.2) is 4.98 Å². The molecule has 0 radical (unpaired) electrons. The van der Waals surface area contributed by atoms with Crippen LogP contribution in [0.5, 0.6) is 0 Å². The number of nitrogens with one attached hydrogen (secondary N) is 1. The molecule has 2 aromatic rings. The highest BCUT2D eigenvalue weighted by atomic mass is 32.1. The first-order chi connectivity index (χ1) is 9.27. The minimum absolute atomic E-state index is 0.126. The molecule has 1 aromatic heterocycles. The lowest BCUT2D eigenvalue weighted by molar-refractivity contribution is -0.136. The highest BCUT2D eigenvalue weighted by Crippen LogP contribution is 2.34. The van der Waals surface area contributed by atoms with Gasteiger partial charge in [-0.3, -0.25) is 10.1 Å². The zero-order valence-corrected chi connectivity index (χ0v) is 11.1. The Morgan fingerprint density at radius 3 is 2.65 bits per heavy atom. The molecule has 4 nitrogen and oxygen atoms in total. The molecule has 2 rings (SSSR count). The number of hydrogen-bond donors (Lipinski definition) is 2. The summed E-state index contributed by atoms with van der Waals surface area (Å²) in [4.78, 5) is 15.9. The van der Waals surface area contributed by atoms with Crippen molar-refractivity contribution in [3.63, 3.8) is 0 Å². The third-order valence-electron chi connectivity index (χ3n) is 2.46. The van der Waals surface area contributed by atoms with Crippen LogP contribution in [-0.4, -0.2) is 10.9 Å². The average Bonchev–Trinajstić information content (AvgIpc) is 2.73. The Balaban J connectivity index is 2.27. The van der Waals surface area contributed by atoms with Gasteiger partial charge >= 0.3 is 6.18 Å². The number of halogens is 3. The largest absolute Gasteiger partial charge is 0.418 e. The normalized spacial score (nSPS) is 11.4. The first-order valence-corrected chi connectivity index (χ1v) is 6.35. The van der Waals surface area contributed by atoms with Gasteiger partial charge in [-0.05, 0) is 25.1 Å². The summed E-state index contributed by atoms with van der Waals surface area (Å²) < 4.78 is 38.1. The van der Waals surface area contributed by atoms with Gasteiger partial charge in [0.25, 0.3) is 5.91 Å². The molecule has 0 saturated heterocycles. The van der Waals surface area contributed by atoms with Crippen LogP contribution in [0.25, 0.3) is 0 Å². The molecular formula is C12H10F3N3OS. The maximum absolute atomic E-state index is 12.7. The molecule has 0 atom stereocenters. The van der Waals surface area contributed by atoms with Crippen LogP contribution < -0.4 is 11.1 Å². The monoisotopic (exact) mass is 301 g/mol. The lowest BCUT2D eigenvalue weighted by atomic mass is 10.1. The van der Waals surface area contributed by atoms with E-state index < -0.39 is 23.3 Å². The third-order valence-corrected chi connectivity index (χ3v) is 3.34. The number of aryl methyl sites for hydroxylation is 1. The predicted molar refractivity (Wildman–Crippen MR) is 70.7 cm³/mol. The zero-order chi connectivity index (χ0) is 14.9. The number of nitrogens with zero attached hydrogens (tertiary/aromatic N) is 1. The van der Waals surface area contributed by atoms with E-state index in [1.54, 1.807) is 12.3 Å². The van der Waals surface area contributed by atoms with Gasteiger partial charge in [0.2, 0.25) is 0 Å². The van der Waals surface area contributed by atoms with Gasteiger partial charge in [0.15, 0.2) is 5.13 Å². The van der Waals surface area contributed by atoms with E-state index in [-0.39, 0.29) is 5.56 Å². The van der Waals surface area contributed by atoms with Crippen molar-refractivity contribution < 1.29 is 18.0 Å². The second-order valence-electron chi connectivity index (χ2n) is 4.05. The lowest BCUT2D eigenvalue weighted by Gasteiger charge is -2.11. The Morgan fingerprint density at radius 1 is 1.40 bits per heavy atom. The molecule has 0 aliphatic rings. The quantitative estimate of drug-likeness (QED) is 0.836. The molecular weight excluding hydrogens is 291 g/mol. The van der Waals surface area contributed by atoms with Crippen molar-refractivity contribution in [3.8, 4) is 0 Å². The molecule has 1 aromatic carbocycles. The van der Waals surface area contributed by atoms with Crippen LogP contribution in [0.15, 0.2) is 23.6 Å². The molecule has 0 aliphatic carbocycles. The SMILES string of the molecule is Cc1csc(NC(=O)c2ccc(N)c(C(F)(F)F)c2)n1. The highest BCUT2D eigenvalue weighted by molar-refractivity contribution is 7.13. The highest BCUT2D eigenvalue weighted by Gasteiger charge is 2.33. The first-order valence-electron chi connectivity index (χ1n) is 5.47. The summed E-state index contributed by atoms with van der Waals surface area (Å²) in [6.07, 6.45) is -4.60. The van der Waals surface area contributed by atoms with Crippen molar-refractivity contribution in [2.75, 3.05) is 11.1 Å². The van der Waals surface area contributed by atoms with Gasteiger partial charge in [-0.2, -0.15) is 13.2 Å². The van der Waals surface area contributed by atoms with E-state index in [2.05, 4.69) is 10.3 Å². The smallest absolute Gasteiger partial charge is 0.398 e. The second-order valence-corrected chi connectivity index (χ2v) is 4.91. The van der Waals surface area contributed by atoms with Gasteiger partial charge in [0, 0.05) is 16.6 Å². The van der Waals surface area contributed by atoms with E-state index in [1.165, 1.54) is 17.4 Å². The van der Waals surface area contributed by atoms with Crippen LogP contribution in [0.1, 0.15) is 21.6 Å². The molecule has 106 valence electrons. The van der Waals surface area contributed by atoms with Crippen LogP contribution in [0.4, 0.5) is 24.0 Å². The minimum atomic E-state index is -4.60. The molecule has 0 aliphatic heterocycles. The number of hydrogen-bond acceptors (Lipinski definition) is 4. The summed E-state index contributed by atoms with van der Waals surface area (Å²) in [5.41, 5.74) is 4.42. The molecule has 1 heterocycles. The van der Waals surface area contributed by atoms with Crippen LogP contribution in [-0.2, 0) is 6.18 Å². The van der Waals surface area contributed by atoms with Gasteiger partial charge in [-0.1, -0.05) is 0 Å². The van der Waals surface area contributed by atoms with E-state index in [9.17, 15) is 18.0 Å². The summed E-state index contributed by atoms with van der Waals surface area (Å²) in [6, 6.07) is 3.02. The van der Waals surface area contributed by atoms with Gasteiger partial charge in [-0.15, -0.1) is 11.3 Å². The van der Waals surface area contributed by atoms with E-state index in [4.69, 9.17) is 5.73 Å². The molecule has 1 amide bonds. The number of amides is 1. The Kier molecular flexibility index (Phi) is 3.67. The Hall–Kier alpha value is -2.09. The van der Waals surface area contributed by atoms with Gasteiger partial charge < -0.3 is 5.73 Å². The fraction of sp³-hybridized carbons (Fsp3) is 0.167. The molecule has 8 heteroatoms. The maximum Gasteiger partial charge on any atom is 0.418 e. The van der Waals surface area contributed by atoms with Crippen molar-refractivity contribution >= 4 is 28.1 Å². The predicted octanol–water partition coefficient (Wildman–Crippen LogP) is 3.30. The average molecular weight is 301 g/mol. The number of nitrogen functional groups attached to an aromatic ring is 1. The van der Waals surface area contributed by atoms with Crippen molar-refractivity contribution in [1.29, 1.82) is 0 Å². The van der Waals surface area contributed by atoms with Gasteiger partial charge in [0.05, 0.1) is 11.3 Å². The number of alkyl halides is 3. The van der Waals surface area contributed by atoms with E-state index in [1.807, 2.05) is 0 Å². The van der Waals surface area contributed by atoms with Crippen molar-refractivity contribution in [3.05, 3.63) is 40.4 Å². The molecule has 0 saturated carbocycles. The van der Waals surface area contributed by atoms with Crippen LogP contribution in [0, 0.1) is 6.92 Å². The number of benzene rings is 1. The number of anilines is 2.